The number of rotatable bonds is 6. The van der Waals surface area contributed by atoms with E-state index in [9.17, 15) is 4.79 Å². The van der Waals surface area contributed by atoms with E-state index < -0.39 is 20.3 Å². The monoisotopic (exact) mass is 310 g/mol. The molecule has 6 heteroatoms. The number of pyridine rings is 1. The van der Waals surface area contributed by atoms with Gasteiger partial charge in [0, 0.05) is 6.20 Å². The third-order valence-corrected chi connectivity index (χ3v) is 8.52. The van der Waals surface area contributed by atoms with Crippen molar-refractivity contribution in [3.05, 3.63) is 29.6 Å². The Hall–Kier alpha value is -1.24. The van der Waals surface area contributed by atoms with Crippen molar-refractivity contribution < 1.29 is 14.3 Å². The molecule has 3 N–H and O–H groups in total. The van der Waals surface area contributed by atoms with Gasteiger partial charge in [-0.25, -0.2) is 0 Å². The maximum absolute atomic E-state index is 10.7. The average Bonchev–Trinajstić information content (AvgIpc) is 2.36. The largest absolute Gasteiger partial charge is 0.480 e. The van der Waals surface area contributed by atoms with Gasteiger partial charge in [0.1, 0.15) is 6.04 Å². The van der Waals surface area contributed by atoms with Crippen molar-refractivity contribution in [2.24, 2.45) is 5.73 Å². The average molecular weight is 310 g/mol. The molecule has 0 bridgehead atoms. The van der Waals surface area contributed by atoms with E-state index in [1.165, 1.54) is 0 Å². The Bertz CT molecular complexity index is 481. The van der Waals surface area contributed by atoms with Crippen LogP contribution in [0.15, 0.2) is 18.3 Å². The molecule has 0 aromatic carbocycles. The predicted molar refractivity (Wildman–Crippen MR) is 85.5 cm³/mol. The molecule has 0 saturated heterocycles. The van der Waals surface area contributed by atoms with Crippen LogP contribution in [0.25, 0.3) is 0 Å². The van der Waals surface area contributed by atoms with Gasteiger partial charge in [0.25, 0.3) is 0 Å². The smallest absolute Gasteiger partial charge is 0.320 e. The lowest BCUT2D eigenvalue weighted by Gasteiger charge is -2.36. The fourth-order valence-corrected chi connectivity index (χ4v) is 2.42. The van der Waals surface area contributed by atoms with Gasteiger partial charge >= 0.3 is 5.97 Å². The van der Waals surface area contributed by atoms with Crippen LogP contribution >= 0.6 is 0 Å². The van der Waals surface area contributed by atoms with Crippen LogP contribution in [0.1, 0.15) is 32.0 Å². The molecule has 0 radical (unpaired) electrons. The normalized spacial score (nSPS) is 14.0. The predicted octanol–water partition coefficient (Wildman–Crippen LogP) is 2.56. The maximum atomic E-state index is 10.7. The van der Waals surface area contributed by atoms with Crippen molar-refractivity contribution in [1.82, 2.24) is 4.98 Å². The van der Waals surface area contributed by atoms with E-state index in [0.29, 0.717) is 6.61 Å². The zero-order valence-corrected chi connectivity index (χ0v) is 14.5. The third kappa shape index (κ3) is 5.22. The van der Waals surface area contributed by atoms with Gasteiger partial charge in [-0.1, -0.05) is 26.8 Å². The summed E-state index contributed by atoms with van der Waals surface area (Å²) in [7, 11) is -1.78. The number of carboxylic acid groups (broad SMARTS) is 1. The minimum atomic E-state index is -1.78. The molecule has 1 heterocycles. The standard InChI is InChI=1S/C15H26N2O3Si/c1-15(2,3)21(4,5)20-10-12-7-6-11(9-17-12)8-13(16)14(18)19/h6-7,9,13H,8,10,16H2,1-5H3,(H,18,19)/t13-/m0/s1. The topological polar surface area (TPSA) is 85.4 Å². The molecule has 0 aliphatic carbocycles. The van der Waals surface area contributed by atoms with Crippen LogP contribution in [0.5, 0.6) is 0 Å². The van der Waals surface area contributed by atoms with Gasteiger partial charge < -0.3 is 15.3 Å². The quantitative estimate of drug-likeness (QED) is 0.789. The van der Waals surface area contributed by atoms with Crippen LogP contribution < -0.4 is 5.73 Å². The Labute approximate surface area is 127 Å². The first-order valence-corrected chi connectivity index (χ1v) is 10.00. The second kappa shape index (κ2) is 6.68. The van der Waals surface area contributed by atoms with Crippen molar-refractivity contribution in [2.45, 2.75) is 58.0 Å². The van der Waals surface area contributed by atoms with Crippen LogP contribution in [-0.2, 0) is 22.2 Å². The molecule has 0 amide bonds. The summed E-state index contributed by atoms with van der Waals surface area (Å²) >= 11 is 0. The van der Waals surface area contributed by atoms with Gasteiger partial charge in [-0.2, -0.15) is 0 Å². The molecule has 0 aliphatic rings. The zero-order chi connectivity index (χ0) is 16.3. The first kappa shape index (κ1) is 17.8. The highest BCUT2D eigenvalue weighted by Gasteiger charge is 2.37. The van der Waals surface area contributed by atoms with Crippen molar-refractivity contribution in [1.29, 1.82) is 0 Å². The number of aromatic nitrogens is 1. The minimum Gasteiger partial charge on any atom is -0.480 e. The van der Waals surface area contributed by atoms with Crippen LogP contribution in [0.4, 0.5) is 0 Å². The lowest BCUT2D eigenvalue weighted by molar-refractivity contribution is -0.138. The summed E-state index contributed by atoms with van der Waals surface area (Å²) in [6.07, 6.45) is 1.96. The van der Waals surface area contributed by atoms with Gasteiger partial charge in [0.2, 0.25) is 0 Å². The summed E-state index contributed by atoms with van der Waals surface area (Å²) in [5, 5.41) is 8.95. The summed E-state index contributed by atoms with van der Waals surface area (Å²) in [5.74, 6) is -1.000. The number of hydrogen-bond acceptors (Lipinski definition) is 4. The highest BCUT2D eigenvalue weighted by molar-refractivity contribution is 6.74. The Morgan fingerprint density at radius 1 is 1.43 bits per heavy atom. The molecule has 1 atom stereocenters. The number of nitrogens with zero attached hydrogens (tertiary/aromatic N) is 1. The summed E-state index contributed by atoms with van der Waals surface area (Å²) in [5.41, 5.74) is 7.18. The number of hydrogen-bond donors (Lipinski definition) is 2. The fourth-order valence-electron chi connectivity index (χ4n) is 1.47. The SMILES string of the molecule is CC(C)(C)[Si](C)(C)OCc1ccc(C[C@H](N)C(=O)O)cn1. The van der Waals surface area contributed by atoms with Gasteiger partial charge in [-0.3, -0.25) is 9.78 Å². The van der Waals surface area contributed by atoms with E-state index in [1.54, 1.807) is 6.20 Å². The van der Waals surface area contributed by atoms with Crippen molar-refractivity contribution in [3.8, 4) is 0 Å². The van der Waals surface area contributed by atoms with E-state index in [1.807, 2.05) is 12.1 Å². The number of aliphatic carboxylic acids is 1. The number of carbonyl (C=O) groups is 1. The van der Waals surface area contributed by atoms with Crippen LogP contribution in [0, 0.1) is 0 Å². The van der Waals surface area contributed by atoms with Crippen molar-refractivity contribution in [2.75, 3.05) is 0 Å². The Morgan fingerprint density at radius 3 is 2.48 bits per heavy atom. The molecular weight excluding hydrogens is 284 g/mol. The highest BCUT2D eigenvalue weighted by atomic mass is 28.4. The molecule has 1 aromatic rings. The Morgan fingerprint density at radius 2 is 2.05 bits per heavy atom. The third-order valence-electron chi connectivity index (χ3n) is 4.05. The molecule has 1 aromatic heterocycles. The van der Waals surface area contributed by atoms with Crippen molar-refractivity contribution >= 4 is 14.3 Å². The van der Waals surface area contributed by atoms with E-state index in [0.717, 1.165) is 11.3 Å². The molecular formula is C15H26N2O3Si. The molecule has 1 rings (SSSR count). The van der Waals surface area contributed by atoms with Crippen LogP contribution in [0.2, 0.25) is 18.1 Å². The molecule has 0 aliphatic heterocycles. The summed E-state index contributed by atoms with van der Waals surface area (Å²) in [4.78, 5) is 15.0. The first-order chi connectivity index (χ1) is 9.53. The maximum Gasteiger partial charge on any atom is 0.320 e. The number of nitrogens with two attached hydrogens (primary N) is 1. The van der Waals surface area contributed by atoms with E-state index in [-0.39, 0.29) is 11.5 Å². The molecule has 0 fully saturated rings. The lowest BCUT2D eigenvalue weighted by Crippen LogP contribution is -2.40. The van der Waals surface area contributed by atoms with Crippen LogP contribution in [-0.4, -0.2) is 30.4 Å². The first-order valence-electron chi connectivity index (χ1n) is 7.09. The van der Waals surface area contributed by atoms with Crippen LogP contribution in [0.3, 0.4) is 0 Å². The molecule has 0 spiro atoms. The summed E-state index contributed by atoms with van der Waals surface area (Å²) in [6, 6.07) is 2.85. The Balaban J connectivity index is 2.62. The second-order valence-corrected chi connectivity index (χ2v) is 11.7. The summed E-state index contributed by atoms with van der Waals surface area (Å²) in [6.45, 7) is 11.5. The van der Waals surface area contributed by atoms with Gasteiger partial charge in [-0.05, 0) is 36.2 Å². The highest BCUT2D eigenvalue weighted by Crippen LogP contribution is 2.36. The van der Waals surface area contributed by atoms with E-state index in [2.05, 4.69) is 38.8 Å². The molecule has 118 valence electrons. The van der Waals surface area contributed by atoms with Gasteiger partial charge in [-0.15, -0.1) is 0 Å². The minimum absolute atomic E-state index is 0.168. The Kier molecular flexibility index (Phi) is 5.66. The number of carboxylic acids is 1. The molecule has 21 heavy (non-hydrogen) atoms. The van der Waals surface area contributed by atoms with E-state index >= 15 is 0 Å². The zero-order valence-electron chi connectivity index (χ0n) is 13.5. The molecule has 5 nitrogen and oxygen atoms in total. The molecule has 0 unspecified atom stereocenters. The fraction of sp³-hybridized carbons (Fsp3) is 0.600. The summed E-state index contributed by atoms with van der Waals surface area (Å²) < 4.78 is 6.10. The lowest BCUT2D eigenvalue weighted by atomic mass is 10.1. The molecule has 0 saturated carbocycles. The van der Waals surface area contributed by atoms with Gasteiger partial charge in [0.15, 0.2) is 8.32 Å². The van der Waals surface area contributed by atoms with Gasteiger partial charge in [0.05, 0.1) is 12.3 Å². The van der Waals surface area contributed by atoms with E-state index in [4.69, 9.17) is 15.3 Å². The second-order valence-electron chi connectivity index (χ2n) is 6.86. The van der Waals surface area contributed by atoms with Crippen molar-refractivity contribution in [3.63, 3.8) is 0 Å².